The van der Waals surface area contributed by atoms with Crippen molar-refractivity contribution in [2.75, 3.05) is 31.7 Å². The van der Waals surface area contributed by atoms with Crippen molar-refractivity contribution in [1.29, 1.82) is 0 Å². The fraction of sp³-hybridized carbons (Fsp3) is 0.533. The Morgan fingerprint density at radius 3 is 3.00 bits per heavy atom. The minimum Gasteiger partial charge on any atom is -0.475 e. The molecule has 0 amide bonds. The maximum Gasteiger partial charge on any atom is 0.349 e. The molecule has 1 N–H and O–H groups in total. The summed E-state index contributed by atoms with van der Waals surface area (Å²) in [6.45, 7) is 5.92. The molecule has 0 spiro atoms. The molecule has 1 atom stereocenters. The lowest BCUT2D eigenvalue weighted by Gasteiger charge is -2.25. The van der Waals surface area contributed by atoms with Crippen molar-refractivity contribution < 1.29 is 19.0 Å². The van der Waals surface area contributed by atoms with Crippen molar-refractivity contribution in [2.45, 2.75) is 20.0 Å². The van der Waals surface area contributed by atoms with Gasteiger partial charge in [0.15, 0.2) is 0 Å². The van der Waals surface area contributed by atoms with Crippen LogP contribution in [-0.4, -0.2) is 38.4 Å². The lowest BCUT2D eigenvalue weighted by molar-refractivity contribution is -0.153. The summed E-state index contributed by atoms with van der Waals surface area (Å²) in [6, 6.07) is 7.53. The molecule has 1 heterocycles. The van der Waals surface area contributed by atoms with Gasteiger partial charge in [-0.3, -0.25) is 0 Å². The lowest BCUT2D eigenvalue weighted by atomic mass is 10.2. The van der Waals surface area contributed by atoms with Crippen LogP contribution in [0.25, 0.3) is 0 Å². The van der Waals surface area contributed by atoms with Crippen LogP contribution < -0.4 is 10.1 Å². The first kappa shape index (κ1) is 14.7. The Morgan fingerprint density at radius 2 is 2.20 bits per heavy atom. The molecular weight excluding hydrogens is 258 g/mol. The molecule has 1 aliphatic heterocycles. The van der Waals surface area contributed by atoms with Crippen molar-refractivity contribution >= 4 is 11.7 Å². The molecule has 1 aromatic carbocycles. The zero-order chi connectivity index (χ0) is 14.4. The van der Waals surface area contributed by atoms with Crippen LogP contribution in [0, 0.1) is 5.92 Å². The molecule has 0 fully saturated rings. The van der Waals surface area contributed by atoms with Crippen LogP contribution in [0.4, 0.5) is 5.69 Å². The molecule has 20 heavy (non-hydrogen) atoms. The Balaban J connectivity index is 1.72. The van der Waals surface area contributed by atoms with Gasteiger partial charge in [0.1, 0.15) is 12.4 Å². The van der Waals surface area contributed by atoms with E-state index >= 15 is 0 Å². The number of para-hydroxylation sites is 2. The number of fused-ring (bicyclic) bond motifs is 1. The zero-order valence-corrected chi connectivity index (χ0v) is 11.9. The highest BCUT2D eigenvalue weighted by atomic mass is 16.6. The average Bonchev–Trinajstić information content (AvgIpc) is 2.46. The average molecular weight is 279 g/mol. The van der Waals surface area contributed by atoms with Gasteiger partial charge in [-0.05, 0) is 18.1 Å². The standard InChI is InChI=1S/C15H21NO4/c1-11(2)10-18-7-8-19-15(17)14-9-16-12-5-3-4-6-13(12)20-14/h3-6,11,14,16H,7-10H2,1-2H3. The number of carbonyl (C=O) groups excluding carboxylic acids is 1. The lowest BCUT2D eigenvalue weighted by Crippen LogP contribution is -2.39. The van der Waals surface area contributed by atoms with Gasteiger partial charge >= 0.3 is 5.97 Å². The maximum atomic E-state index is 11.9. The third kappa shape index (κ3) is 4.13. The molecule has 0 aromatic heterocycles. The summed E-state index contributed by atoms with van der Waals surface area (Å²) in [4.78, 5) is 11.9. The van der Waals surface area contributed by atoms with E-state index in [0.29, 0.717) is 31.4 Å². The number of benzene rings is 1. The van der Waals surface area contributed by atoms with Gasteiger partial charge in [-0.2, -0.15) is 0 Å². The normalized spacial score (nSPS) is 17.1. The SMILES string of the molecule is CC(C)COCCOC(=O)C1CNc2ccccc2O1. The highest BCUT2D eigenvalue weighted by molar-refractivity contribution is 5.77. The molecule has 0 saturated carbocycles. The Bertz CT molecular complexity index is 447. The Kier molecular flexibility index (Phi) is 5.24. The van der Waals surface area contributed by atoms with Crippen LogP contribution in [0.2, 0.25) is 0 Å². The van der Waals surface area contributed by atoms with E-state index in [2.05, 4.69) is 19.2 Å². The van der Waals surface area contributed by atoms with Gasteiger partial charge in [-0.1, -0.05) is 26.0 Å². The maximum absolute atomic E-state index is 11.9. The molecule has 1 aromatic rings. The van der Waals surface area contributed by atoms with E-state index in [1.807, 2.05) is 24.3 Å². The van der Waals surface area contributed by atoms with Crippen LogP contribution in [-0.2, 0) is 14.3 Å². The summed E-state index contributed by atoms with van der Waals surface area (Å²) < 4.78 is 16.1. The molecule has 110 valence electrons. The number of hydrogen-bond donors (Lipinski definition) is 1. The van der Waals surface area contributed by atoms with Crippen molar-refractivity contribution in [2.24, 2.45) is 5.92 Å². The van der Waals surface area contributed by atoms with Gasteiger partial charge in [0.2, 0.25) is 6.10 Å². The molecule has 5 nitrogen and oxygen atoms in total. The fourth-order valence-electron chi connectivity index (χ4n) is 1.86. The van der Waals surface area contributed by atoms with E-state index in [-0.39, 0.29) is 12.6 Å². The molecule has 1 unspecified atom stereocenters. The summed E-state index contributed by atoms with van der Waals surface area (Å²) >= 11 is 0. The molecule has 0 saturated heterocycles. The number of anilines is 1. The first-order valence-corrected chi connectivity index (χ1v) is 6.90. The van der Waals surface area contributed by atoms with Gasteiger partial charge in [-0.15, -0.1) is 0 Å². The van der Waals surface area contributed by atoms with E-state index in [4.69, 9.17) is 14.2 Å². The van der Waals surface area contributed by atoms with Crippen LogP contribution in [0.3, 0.4) is 0 Å². The predicted molar refractivity (Wildman–Crippen MR) is 76.0 cm³/mol. The smallest absolute Gasteiger partial charge is 0.349 e. The molecule has 0 bridgehead atoms. The zero-order valence-electron chi connectivity index (χ0n) is 11.9. The van der Waals surface area contributed by atoms with Crippen LogP contribution in [0.1, 0.15) is 13.8 Å². The number of rotatable bonds is 6. The first-order chi connectivity index (χ1) is 9.66. The topological polar surface area (TPSA) is 56.8 Å². The summed E-state index contributed by atoms with van der Waals surface area (Å²) in [5, 5.41) is 3.15. The number of esters is 1. The summed E-state index contributed by atoms with van der Waals surface area (Å²) in [6.07, 6.45) is -0.602. The van der Waals surface area contributed by atoms with E-state index in [0.717, 1.165) is 5.69 Å². The number of ether oxygens (including phenoxy) is 3. The number of hydrogen-bond acceptors (Lipinski definition) is 5. The van der Waals surface area contributed by atoms with Crippen LogP contribution >= 0.6 is 0 Å². The fourth-order valence-corrected chi connectivity index (χ4v) is 1.86. The minimum atomic E-state index is -0.602. The Morgan fingerprint density at radius 1 is 1.40 bits per heavy atom. The van der Waals surface area contributed by atoms with E-state index in [9.17, 15) is 4.79 Å². The van der Waals surface area contributed by atoms with Crippen LogP contribution in [0.5, 0.6) is 5.75 Å². The third-order valence-corrected chi connectivity index (χ3v) is 2.82. The van der Waals surface area contributed by atoms with Gasteiger partial charge < -0.3 is 19.5 Å². The second-order valence-corrected chi connectivity index (χ2v) is 5.12. The third-order valence-electron chi connectivity index (χ3n) is 2.82. The van der Waals surface area contributed by atoms with E-state index < -0.39 is 6.10 Å². The molecule has 5 heteroatoms. The van der Waals surface area contributed by atoms with E-state index in [1.54, 1.807) is 0 Å². The van der Waals surface area contributed by atoms with E-state index in [1.165, 1.54) is 0 Å². The number of nitrogens with one attached hydrogen (secondary N) is 1. The molecule has 1 aliphatic rings. The van der Waals surface area contributed by atoms with Gasteiger partial charge in [0.25, 0.3) is 0 Å². The molecular formula is C15H21NO4. The molecule has 0 aliphatic carbocycles. The van der Waals surface area contributed by atoms with Gasteiger partial charge in [0.05, 0.1) is 18.8 Å². The monoisotopic (exact) mass is 279 g/mol. The van der Waals surface area contributed by atoms with Gasteiger partial charge in [-0.25, -0.2) is 4.79 Å². The Hall–Kier alpha value is -1.75. The minimum absolute atomic E-state index is 0.257. The highest BCUT2D eigenvalue weighted by Gasteiger charge is 2.26. The summed E-state index contributed by atoms with van der Waals surface area (Å²) in [5.74, 6) is 0.796. The second kappa shape index (κ2) is 7.14. The van der Waals surface area contributed by atoms with Crippen molar-refractivity contribution in [1.82, 2.24) is 0 Å². The summed E-state index contributed by atoms with van der Waals surface area (Å²) in [5.41, 5.74) is 0.900. The quantitative estimate of drug-likeness (QED) is 0.638. The Labute approximate surface area is 119 Å². The molecule has 2 rings (SSSR count). The predicted octanol–water partition coefficient (Wildman–Crippen LogP) is 2.08. The van der Waals surface area contributed by atoms with Crippen LogP contribution in [0.15, 0.2) is 24.3 Å². The number of carbonyl (C=O) groups is 1. The second-order valence-electron chi connectivity index (χ2n) is 5.12. The van der Waals surface area contributed by atoms with Crippen molar-refractivity contribution in [3.8, 4) is 5.75 Å². The van der Waals surface area contributed by atoms with Crippen molar-refractivity contribution in [3.63, 3.8) is 0 Å². The first-order valence-electron chi connectivity index (χ1n) is 6.90. The van der Waals surface area contributed by atoms with Crippen molar-refractivity contribution in [3.05, 3.63) is 24.3 Å². The summed E-state index contributed by atoms with van der Waals surface area (Å²) in [7, 11) is 0. The molecule has 0 radical (unpaired) electrons. The largest absolute Gasteiger partial charge is 0.475 e. The highest BCUT2D eigenvalue weighted by Crippen LogP contribution is 2.28. The van der Waals surface area contributed by atoms with Gasteiger partial charge in [0, 0.05) is 6.61 Å².